The third kappa shape index (κ3) is 7.65. The van der Waals surface area contributed by atoms with Crippen LogP contribution >= 0.6 is 0 Å². The second kappa shape index (κ2) is 8.53. The van der Waals surface area contributed by atoms with Crippen LogP contribution in [0.4, 0.5) is 0 Å². The zero-order chi connectivity index (χ0) is 17.5. The lowest BCUT2D eigenvalue weighted by Gasteiger charge is -2.21. The van der Waals surface area contributed by atoms with Crippen molar-refractivity contribution in [1.82, 2.24) is 5.32 Å². The van der Waals surface area contributed by atoms with Crippen molar-refractivity contribution in [3.05, 3.63) is 29.8 Å². The third-order valence-corrected chi connectivity index (χ3v) is 2.85. The highest BCUT2D eigenvalue weighted by molar-refractivity contribution is 5.85. The molecule has 1 atom stereocenters. The minimum absolute atomic E-state index is 0.168. The van der Waals surface area contributed by atoms with Crippen LogP contribution in [0.3, 0.4) is 0 Å². The van der Waals surface area contributed by atoms with Gasteiger partial charge in [-0.15, -0.1) is 0 Å². The number of carbonyl (C=O) groups is 2. The summed E-state index contributed by atoms with van der Waals surface area (Å²) in [6, 6.07) is 6.73. The molecular formula is C17H26N2O4. The largest absolute Gasteiger partial charge is 0.488 e. The van der Waals surface area contributed by atoms with Gasteiger partial charge in [0.2, 0.25) is 5.91 Å². The normalized spacial score (nSPS) is 12.4. The molecule has 23 heavy (non-hydrogen) atoms. The van der Waals surface area contributed by atoms with E-state index in [1.165, 1.54) is 0 Å². The molecule has 0 heterocycles. The van der Waals surface area contributed by atoms with Gasteiger partial charge in [-0.1, -0.05) is 12.1 Å². The molecule has 0 bridgehead atoms. The summed E-state index contributed by atoms with van der Waals surface area (Å²) in [7, 11) is 0. The first-order valence-corrected chi connectivity index (χ1v) is 7.68. The van der Waals surface area contributed by atoms with Crippen LogP contribution in [0.5, 0.6) is 5.75 Å². The van der Waals surface area contributed by atoms with E-state index in [2.05, 4.69) is 5.32 Å². The van der Waals surface area contributed by atoms with Crippen LogP contribution in [0.15, 0.2) is 24.3 Å². The van der Waals surface area contributed by atoms with Gasteiger partial charge in [0.05, 0.1) is 12.6 Å². The van der Waals surface area contributed by atoms with Crippen LogP contribution in [0.2, 0.25) is 0 Å². The molecule has 0 radical (unpaired) electrons. The molecule has 3 N–H and O–H groups in total. The van der Waals surface area contributed by atoms with Crippen molar-refractivity contribution in [3.63, 3.8) is 0 Å². The minimum Gasteiger partial charge on any atom is -0.488 e. The molecule has 0 aliphatic heterocycles. The van der Waals surface area contributed by atoms with Gasteiger partial charge in [0, 0.05) is 0 Å². The summed E-state index contributed by atoms with van der Waals surface area (Å²) in [5.74, 6) is -0.0913. The van der Waals surface area contributed by atoms with Gasteiger partial charge in [0.15, 0.2) is 0 Å². The Morgan fingerprint density at radius 1 is 1.22 bits per heavy atom. The first-order chi connectivity index (χ1) is 10.7. The summed E-state index contributed by atoms with van der Waals surface area (Å²) in [5, 5.41) is 2.47. The molecule has 128 valence electrons. The molecule has 0 saturated carbocycles. The molecule has 0 spiro atoms. The maximum Gasteiger partial charge on any atom is 0.325 e. The number of hydrogen-bond acceptors (Lipinski definition) is 5. The van der Waals surface area contributed by atoms with Gasteiger partial charge in [-0.3, -0.25) is 9.59 Å². The fourth-order valence-electron chi connectivity index (χ4n) is 1.90. The average molecular weight is 322 g/mol. The Kier molecular flexibility index (Phi) is 7.03. The molecule has 0 unspecified atom stereocenters. The fraction of sp³-hybridized carbons (Fsp3) is 0.529. The van der Waals surface area contributed by atoms with Gasteiger partial charge in [0.1, 0.15) is 17.9 Å². The number of benzene rings is 1. The first kappa shape index (κ1) is 19.0. The summed E-state index contributed by atoms with van der Waals surface area (Å²) in [4.78, 5) is 23.0. The predicted molar refractivity (Wildman–Crippen MR) is 88.1 cm³/mol. The second-order valence-corrected chi connectivity index (χ2v) is 6.19. The summed E-state index contributed by atoms with van der Waals surface area (Å²) in [6.45, 7) is 7.75. The monoisotopic (exact) mass is 322 g/mol. The smallest absolute Gasteiger partial charge is 0.325 e. The number of amides is 1. The first-order valence-electron chi connectivity index (χ1n) is 7.68. The SMILES string of the molecule is CCOC(=O)CNC(=O)[C@@H](N)Cc1ccc(OC(C)(C)C)cc1. The van der Waals surface area contributed by atoms with Crippen LogP contribution in [0.1, 0.15) is 33.3 Å². The minimum atomic E-state index is -0.723. The summed E-state index contributed by atoms with van der Waals surface area (Å²) in [5.41, 5.74) is 6.52. The Morgan fingerprint density at radius 3 is 2.35 bits per heavy atom. The number of rotatable bonds is 7. The summed E-state index contributed by atoms with van der Waals surface area (Å²) < 4.78 is 10.5. The quantitative estimate of drug-likeness (QED) is 0.741. The standard InChI is InChI=1S/C17H26N2O4/c1-5-22-15(20)11-19-16(21)14(18)10-12-6-8-13(9-7-12)23-17(2,3)4/h6-9,14H,5,10-11,18H2,1-4H3,(H,19,21)/t14-/m0/s1. The van der Waals surface area contributed by atoms with Crippen LogP contribution in [-0.4, -0.2) is 36.7 Å². The van der Waals surface area contributed by atoms with Crippen molar-refractivity contribution in [3.8, 4) is 5.75 Å². The van der Waals surface area contributed by atoms with Crippen LogP contribution in [0.25, 0.3) is 0 Å². The molecule has 1 aromatic carbocycles. The zero-order valence-corrected chi connectivity index (χ0v) is 14.2. The van der Waals surface area contributed by atoms with Crippen molar-refractivity contribution in [2.24, 2.45) is 5.73 Å². The molecule has 0 aliphatic carbocycles. The molecule has 0 aliphatic rings. The lowest BCUT2D eigenvalue weighted by molar-refractivity contribution is -0.143. The van der Waals surface area contributed by atoms with Crippen LogP contribution < -0.4 is 15.8 Å². The summed E-state index contributed by atoms with van der Waals surface area (Å²) in [6.07, 6.45) is 0.379. The van der Waals surface area contributed by atoms with Crippen molar-refractivity contribution >= 4 is 11.9 Å². The molecule has 6 heteroatoms. The van der Waals surface area contributed by atoms with E-state index in [-0.39, 0.29) is 24.7 Å². The van der Waals surface area contributed by atoms with Gasteiger partial charge in [-0.2, -0.15) is 0 Å². The number of nitrogens with one attached hydrogen (secondary N) is 1. The molecule has 6 nitrogen and oxygen atoms in total. The highest BCUT2D eigenvalue weighted by Crippen LogP contribution is 2.18. The molecule has 0 aromatic heterocycles. The molecule has 0 fully saturated rings. The van der Waals surface area contributed by atoms with E-state index in [9.17, 15) is 9.59 Å². The molecular weight excluding hydrogens is 296 g/mol. The van der Waals surface area contributed by atoms with Gasteiger partial charge < -0.3 is 20.5 Å². The van der Waals surface area contributed by atoms with Crippen molar-refractivity contribution in [2.75, 3.05) is 13.2 Å². The van der Waals surface area contributed by atoms with E-state index in [4.69, 9.17) is 15.2 Å². The summed E-state index contributed by atoms with van der Waals surface area (Å²) >= 11 is 0. The lowest BCUT2D eigenvalue weighted by atomic mass is 10.1. The maximum atomic E-state index is 11.8. The molecule has 1 amide bonds. The topological polar surface area (TPSA) is 90.7 Å². The van der Waals surface area contributed by atoms with E-state index in [1.807, 2.05) is 45.0 Å². The van der Waals surface area contributed by atoms with Crippen molar-refractivity contribution in [2.45, 2.75) is 45.8 Å². The second-order valence-electron chi connectivity index (χ2n) is 6.19. The Balaban J connectivity index is 2.48. The Hall–Kier alpha value is -2.08. The van der Waals surface area contributed by atoms with Crippen molar-refractivity contribution in [1.29, 1.82) is 0 Å². The number of ether oxygens (including phenoxy) is 2. The van der Waals surface area contributed by atoms with E-state index in [0.29, 0.717) is 6.42 Å². The number of carbonyl (C=O) groups excluding carboxylic acids is 2. The van der Waals surface area contributed by atoms with E-state index in [0.717, 1.165) is 11.3 Å². The van der Waals surface area contributed by atoms with Crippen molar-refractivity contribution < 1.29 is 19.1 Å². The van der Waals surface area contributed by atoms with Crippen LogP contribution in [0, 0.1) is 0 Å². The maximum absolute atomic E-state index is 11.8. The van der Waals surface area contributed by atoms with E-state index >= 15 is 0 Å². The predicted octanol–water partition coefficient (Wildman–Crippen LogP) is 1.41. The average Bonchev–Trinajstić information content (AvgIpc) is 2.45. The molecule has 0 saturated heterocycles. The number of nitrogens with two attached hydrogens (primary N) is 1. The van der Waals surface area contributed by atoms with Gasteiger partial charge in [0.25, 0.3) is 0 Å². The van der Waals surface area contributed by atoms with Gasteiger partial charge >= 0.3 is 5.97 Å². The number of hydrogen-bond donors (Lipinski definition) is 2. The third-order valence-electron chi connectivity index (χ3n) is 2.85. The van der Waals surface area contributed by atoms with E-state index < -0.39 is 12.0 Å². The zero-order valence-electron chi connectivity index (χ0n) is 14.2. The van der Waals surface area contributed by atoms with E-state index in [1.54, 1.807) is 6.92 Å². The van der Waals surface area contributed by atoms with Crippen LogP contribution in [-0.2, 0) is 20.7 Å². The Labute approximate surface area is 137 Å². The molecule has 1 rings (SSSR count). The van der Waals surface area contributed by atoms with Gasteiger partial charge in [-0.05, 0) is 51.8 Å². The van der Waals surface area contributed by atoms with Gasteiger partial charge in [-0.25, -0.2) is 0 Å². The Bertz CT molecular complexity index is 520. The number of esters is 1. The fourth-order valence-corrected chi connectivity index (χ4v) is 1.90. The Morgan fingerprint density at radius 2 is 1.83 bits per heavy atom. The highest BCUT2D eigenvalue weighted by Gasteiger charge is 2.16. The molecule has 1 aromatic rings. The lowest BCUT2D eigenvalue weighted by Crippen LogP contribution is -2.44. The highest BCUT2D eigenvalue weighted by atomic mass is 16.5.